The molecule has 0 spiro atoms. The van der Waals surface area contributed by atoms with Gasteiger partial charge in [-0.2, -0.15) is 0 Å². The lowest BCUT2D eigenvalue weighted by Gasteiger charge is -2.34. The van der Waals surface area contributed by atoms with E-state index < -0.39 is 5.54 Å². The van der Waals surface area contributed by atoms with Gasteiger partial charge < -0.3 is 16.0 Å². The lowest BCUT2D eigenvalue weighted by molar-refractivity contribution is -0.125. The van der Waals surface area contributed by atoms with Crippen molar-refractivity contribution >= 4 is 5.91 Å². The first-order chi connectivity index (χ1) is 10.1. The molecule has 116 valence electrons. The van der Waals surface area contributed by atoms with Gasteiger partial charge in [-0.05, 0) is 37.9 Å². The normalized spacial score (nSPS) is 22.1. The van der Waals surface area contributed by atoms with Crippen LogP contribution in [0.2, 0.25) is 0 Å². The molecule has 4 nitrogen and oxygen atoms in total. The van der Waals surface area contributed by atoms with Crippen LogP contribution in [0.5, 0.6) is 0 Å². The number of benzene rings is 1. The fourth-order valence-electron chi connectivity index (χ4n) is 3.42. The number of hydrogen-bond donors (Lipinski definition) is 2. The summed E-state index contributed by atoms with van der Waals surface area (Å²) < 4.78 is 0. The van der Waals surface area contributed by atoms with Gasteiger partial charge in [0, 0.05) is 13.1 Å². The fourth-order valence-corrected chi connectivity index (χ4v) is 3.42. The summed E-state index contributed by atoms with van der Waals surface area (Å²) in [4.78, 5) is 14.6. The molecule has 1 fully saturated rings. The van der Waals surface area contributed by atoms with Crippen molar-refractivity contribution < 1.29 is 4.79 Å². The van der Waals surface area contributed by atoms with E-state index in [-0.39, 0.29) is 5.91 Å². The Kier molecular flexibility index (Phi) is 5.37. The molecule has 1 aromatic rings. The summed E-state index contributed by atoms with van der Waals surface area (Å²) in [6, 6.07) is 9.81. The minimum absolute atomic E-state index is 0.310. The van der Waals surface area contributed by atoms with Crippen molar-refractivity contribution in [1.82, 2.24) is 10.2 Å². The van der Waals surface area contributed by atoms with Gasteiger partial charge in [0.25, 0.3) is 0 Å². The van der Waals surface area contributed by atoms with Gasteiger partial charge in [-0.3, -0.25) is 4.79 Å². The van der Waals surface area contributed by atoms with Crippen molar-refractivity contribution in [3.05, 3.63) is 35.9 Å². The number of nitrogens with zero attached hydrogens (tertiary/aromatic N) is 1. The number of carbonyl (C=O) groups excluding carboxylic acids is 1. The van der Waals surface area contributed by atoms with Crippen LogP contribution in [0, 0.1) is 5.92 Å². The first kappa shape index (κ1) is 16.0. The Morgan fingerprint density at radius 3 is 2.71 bits per heavy atom. The molecule has 2 atom stereocenters. The largest absolute Gasteiger partial charge is 0.368 e. The molecule has 4 heteroatoms. The Hall–Kier alpha value is -1.39. The Morgan fingerprint density at radius 1 is 1.43 bits per heavy atom. The van der Waals surface area contributed by atoms with E-state index in [0.717, 1.165) is 24.6 Å². The third-order valence-corrected chi connectivity index (χ3v) is 4.64. The molecule has 1 heterocycles. The maximum Gasteiger partial charge on any atom is 0.243 e. The Labute approximate surface area is 127 Å². The lowest BCUT2D eigenvalue weighted by atomic mass is 9.88. The quantitative estimate of drug-likeness (QED) is 0.803. The summed E-state index contributed by atoms with van der Waals surface area (Å²) in [5, 5.41) is 3.19. The number of nitrogens with two attached hydrogens (primary N) is 1. The second kappa shape index (κ2) is 7.05. The topological polar surface area (TPSA) is 58.4 Å². The zero-order chi connectivity index (χ0) is 15.3. The number of carbonyl (C=O) groups is 1. The van der Waals surface area contributed by atoms with E-state index in [1.54, 1.807) is 0 Å². The molecule has 0 bridgehead atoms. The molecule has 0 radical (unpaired) electrons. The summed E-state index contributed by atoms with van der Waals surface area (Å²) in [5.41, 5.74) is 5.90. The molecule has 1 aromatic carbocycles. The van der Waals surface area contributed by atoms with E-state index in [2.05, 4.69) is 17.1 Å². The van der Waals surface area contributed by atoms with E-state index in [9.17, 15) is 4.79 Å². The standard InChI is InChI=1S/C17H27N3O/c1-3-7-14-10-11-20(12-14)13-17(19-2,16(18)21)15-8-5-4-6-9-15/h4-6,8-9,14,19H,3,7,10-13H2,1-2H3,(H2,18,21). The Balaban J connectivity index is 2.17. The summed E-state index contributed by atoms with van der Waals surface area (Å²) in [6.07, 6.45) is 3.72. The van der Waals surface area contributed by atoms with Crippen LogP contribution in [0.1, 0.15) is 31.7 Å². The molecule has 21 heavy (non-hydrogen) atoms. The maximum atomic E-state index is 12.2. The average Bonchev–Trinajstić information content (AvgIpc) is 2.93. The van der Waals surface area contributed by atoms with E-state index >= 15 is 0 Å². The highest BCUT2D eigenvalue weighted by Crippen LogP contribution is 2.27. The van der Waals surface area contributed by atoms with Gasteiger partial charge >= 0.3 is 0 Å². The monoisotopic (exact) mass is 289 g/mol. The minimum Gasteiger partial charge on any atom is -0.368 e. The number of amides is 1. The summed E-state index contributed by atoms with van der Waals surface area (Å²) in [7, 11) is 1.82. The maximum absolute atomic E-state index is 12.2. The Morgan fingerprint density at radius 2 is 2.14 bits per heavy atom. The highest BCUT2D eigenvalue weighted by molar-refractivity contribution is 5.86. The summed E-state index contributed by atoms with van der Waals surface area (Å²) >= 11 is 0. The van der Waals surface area contributed by atoms with Gasteiger partial charge in [-0.1, -0.05) is 43.7 Å². The van der Waals surface area contributed by atoms with Crippen LogP contribution in [0.3, 0.4) is 0 Å². The van der Waals surface area contributed by atoms with Gasteiger partial charge in [-0.25, -0.2) is 0 Å². The van der Waals surface area contributed by atoms with Gasteiger partial charge in [0.15, 0.2) is 0 Å². The number of primary amides is 1. The summed E-state index contributed by atoms with van der Waals surface area (Å²) in [6.45, 7) is 4.99. The van der Waals surface area contributed by atoms with Crippen molar-refractivity contribution in [2.24, 2.45) is 11.7 Å². The van der Waals surface area contributed by atoms with Crippen LogP contribution < -0.4 is 11.1 Å². The molecule has 3 N–H and O–H groups in total. The number of hydrogen-bond acceptors (Lipinski definition) is 3. The predicted octanol–water partition coefficient (Wildman–Crippen LogP) is 1.71. The van der Waals surface area contributed by atoms with E-state index in [4.69, 9.17) is 5.73 Å². The van der Waals surface area contributed by atoms with E-state index in [0.29, 0.717) is 6.54 Å². The van der Waals surface area contributed by atoms with Crippen molar-refractivity contribution in [1.29, 1.82) is 0 Å². The van der Waals surface area contributed by atoms with Crippen molar-refractivity contribution in [2.45, 2.75) is 31.7 Å². The van der Waals surface area contributed by atoms with Gasteiger partial charge in [-0.15, -0.1) is 0 Å². The smallest absolute Gasteiger partial charge is 0.243 e. The van der Waals surface area contributed by atoms with Crippen molar-refractivity contribution in [3.63, 3.8) is 0 Å². The highest BCUT2D eigenvalue weighted by Gasteiger charge is 2.40. The molecule has 1 saturated heterocycles. The molecule has 1 amide bonds. The molecule has 2 unspecified atom stereocenters. The SMILES string of the molecule is CCCC1CCN(CC(NC)(C(N)=O)c2ccccc2)C1. The van der Waals surface area contributed by atoms with Crippen LogP contribution >= 0.6 is 0 Å². The zero-order valence-corrected chi connectivity index (χ0v) is 13.1. The van der Waals surface area contributed by atoms with Crippen molar-refractivity contribution in [3.8, 4) is 0 Å². The molecular formula is C17H27N3O. The van der Waals surface area contributed by atoms with Crippen LogP contribution in [-0.4, -0.2) is 37.5 Å². The molecular weight excluding hydrogens is 262 g/mol. The molecule has 0 aromatic heterocycles. The Bertz CT molecular complexity index is 462. The first-order valence-corrected chi connectivity index (χ1v) is 7.89. The molecule has 2 rings (SSSR count). The van der Waals surface area contributed by atoms with Crippen molar-refractivity contribution in [2.75, 3.05) is 26.7 Å². The number of likely N-dealkylation sites (N-methyl/N-ethyl adjacent to an activating group) is 1. The van der Waals surface area contributed by atoms with E-state index in [1.165, 1.54) is 19.3 Å². The number of rotatable bonds is 7. The molecule has 1 aliphatic heterocycles. The first-order valence-electron chi connectivity index (χ1n) is 7.89. The molecule has 0 aliphatic carbocycles. The van der Waals surface area contributed by atoms with Crippen LogP contribution in [0.4, 0.5) is 0 Å². The van der Waals surface area contributed by atoms with Gasteiger partial charge in [0.05, 0.1) is 0 Å². The third kappa shape index (κ3) is 3.44. The van der Waals surface area contributed by atoms with Crippen LogP contribution in [-0.2, 0) is 10.3 Å². The fraction of sp³-hybridized carbons (Fsp3) is 0.588. The lowest BCUT2D eigenvalue weighted by Crippen LogP contribution is -2.57. The number of likely N-dealkylation sites (tertiary alicyclic amines) is 1. The predicted molar refractivity (Wildman–Crippen MR) is 85.8 cm³/mol. The second-order valence-electron chi connectivity index (χ2n) is 6.06. The van der Waals surface area contributed by atoms with Gasteiger partial charge in [0.2, 0.25) is 5.91 Å². The highest BCUT2D eigenvalue weighted by atomic mass is 16.1. The van der Waals surface area contributed by atoms with Gasteiger partial charge in [0.1, 0.15) is 5.54 Å². The molecule has 0 saturated carbocycles. The van der Waals surface area contributed by atoms with E-state index in [1.807, 2.05) is 37.4 Å². The molecule has 1 aliphatic rings. The van der Waals surface area contributed by atoms with Crippen LogP contribution in [0.15, 0.2) is 30.3 Å². The average molecular weight is 289 g/mol. The summed E-state index contributed by atoms with van der Waals surface area (Å²) in [5.74, 6) is 0.448. The minimum atomic E-state index is -0.803. The zero-order valence-electron chi connectivity index (χ0n) is 13.1. The van der Waals surface area contributed by atoms with Crippen LogP contribution in [0.25, 0.3) is 0 Å². The number of nitrogens with one attached hydrogen (secondary N) is 1. The second-order valence-corrected chi connectivity index (χ2v) is 6.06. The third-order valence-electron chi connectivity index (χ3n) is 4.64.